The number of carbonyl (C=O) groups excluding carboxylic acids is 2. The molecule has 0 spiro atoms. The summed E-state index contributed by atoms with van der Waals surface area (Å²) in [6.45, 7) is 2.64. The van der Waals surface area contributed by atoms with Crippen LogP contribution in [0.25, 0.3) is 0 Å². The minimum atomic E-state index is 0. The van der Waals surface area contributed by atoms with E-state index < -0.39 is 0 Å². The van der Waals surface area contributed by atoms with Crippen molar-refractivity contribution in [1.29, 1.82) is 0 Å². The zero-order valence-electron chi connectivity index (χ0n) is 5.82. The SMILES string of the molecule is C[C-]=O.C[C-]=O.[CH3-].[K+]. The summed E-state index contributed by atoms with van der Waals surface area (Å²) < 4.78 is 0. The fourth-order valence-electron chi connectivity index (χ4n) is 0. The Morgan fingerprint density at radius 1 is 1.00 bits per heavy atom. The van der Waals surface area contributed by atoms with E-state index in [0.717, 1.165) is 0 Å². The van der Waals surface area contributed by atoms with Gasteiger partial charge in [0.25, 0.3) is 0 Å². The third-order valence-corrected chi connectivity index (χ3v) is 0. The van der Waals surface area contributed by atoms with Crippen molar-refractivity contribution in [2.24, 2.45) is 0 Å². The average molecular weight is 140 g/mol. The second-order valence-electron chi connectivity index (χ2n) is 0.408. The van der Waals surface area contributed by atoms with E-state index in [4.69, 9.17) is 9.59 Å². The van der Waals surface area contributed by atoms with Crippen LogP contribution in [-0.4, -0.2) is 12.6 Å². The molecule has 8 heavy (non-hydrogen) atoms. The Bertz CT molecular complexity index is 31.4. The van der Waals surface area contributed by atoms with Crippen LogP contribution in [0.2, 0.25) is 0 Å². The molecule has 0 rings (SSSR count). The Morgan fingerprint density at radius 2 is 1.00 bits per heavy atom. The zero-order valence-corrected chi connectivity index (χ0v) is 8.94. The van der Waals surface area contributed by atoms with Gasteiger partial charge in [-0.2, -0.15) is 13.8 Å². The quantitative estimate of drug-likeness (QED) is 0.280. The van der Waals surface area contributed by atoms with E-state index in [2.05, 4.69) is 0 Å². The normalized spacial score (nSPS) is 3.25. The van der Waals surface area contributed by atoms with Gasteiger partial charge < -0.3 is 17.0 Å². The number of hydrogen-bond acceptors (Lipinski definition) is 2. The number of hydrogen-bond donors (Lipinski definition) is 0. The topological polar surface area (TPSA) is 34.1 Å². The molecule has 0 aromatic heterocycles. The first kappa shape index (κ1) is 23.1. The van der Waals surface area contributed by atoms with Gasteiger partial charge in [0.1, 0.15) is 0 Å². The van der Waals surface area contributed by atoms with E-state index in [9.17, 15) is 0 Å². The molecular formula is C5H9KO2-2. The molecule has 0 saturated heterocycles. The molecule has 0 radical (unpaired) electrons. The van der Waals surface area contributed by atoms with Crippen molar-refractivity contribution in [2.45, 2.75) is 13.8 Å². The summed E-state index contributed by atoms with van der Waals surface area (Å²) >= 11 is 0. The standard InChI is InChI=1S/2C2H3O.CH3.K/c2*1-2-3;;/h2*1H3;1H3;/q3*-1;+1. The molecule has 0 atom stereocenters. The van der Waals surface area contributed by atoms with Gasteiger partial charge in [0, 0.05) is 0 Å². The molecule has 0 aromatic carbocycles. The van der Waals surface area contributed by atoms with Gasteiger partial charge in [0.15, 0.2) is 0 Å². The molecular weight excluding hydrogens is 131 g/mol. The van der Waals surface area contributed by atoms with Crippen LogP contribution in [0.4, 0.5) is 0 Å². The first-order valence-electron chi connectivity index (χ1n) is 1.41. The summed E-state index contributed by atoms with van der Waals surface area (Å²) in [4.78, 5) is 17.4. The minimum Gasteiger partial charge on any atom is -0.542 e. The summed E-state index contributed by atoms with van der Waals surface area (Å²) in [6.07, 6.45) is 3.00. The molecule has 44 valence electrons. The van der Waals surface area contributed by atoms with Crippen molar-refractivity contribution in [2.75, 3.05) is 0 Å². The van der Waals surface area contributed by atoms with E-state index in [-0.39, 0.29) is 58.8 Å². The second kappa shape index (κ2) is 43.8. The summed E-state index contributed by atoms with van der Waals surface area (Å²) in [6, 6.07) is 0. The zero-order chi connectivity index (χ0) is 5.41. The Balaban J connectivity index is -0.0000000160. The first-order valence-corrected chi connectivity index (χ1v) is 1.41. The van der Waals surface area contributed by atoms with Crippen LogP contribution in [0.3, 0.4) is 0 Å². The van der Waals surface area contributed by atoms with Gasteiger partial charge in [-0.05, 0) is 0 Å². The van der Waals surface area contributed by atoms with Gasteiger partial charge in [-0.1, -0.05) is 0 Å². The Labute approximate surface area is 93.5 Å². The van der Waals surface area contributed by atoms with E-state index in [1.54, 1.807) is 0 Å². The molecule has 0 saturated carbocycles. The molecule has 0 bridgehead atoms. The second-order valence-corrected chi connectivity index (χ2v) is 0.408. The fraction of sp³-hybridized carbons (Fsp3) is 0.400. The molecule has 0 aliphatic carbocycles. The summed E-state index contributed by atoms with van der Waals surface area (Å²) in [5.41, 5.74) is 0. The summed E-state index contributed by atoms with van der Waals surface area (Å²) in [7, 11) is 0. The van der Waals surface area contributed by atoms with Crippen LogP contribution in [-0.2, 0) is 9.59 Å². The molecule has 0 aliphatic rings. The van der Waals surface area contributed by atoms with Gasteiger partial charge in [-0.3, -0.25) is 12.6 Å². The molecule has 0 fully saturated rings. The molecule has 2 nitrogen and oxygen atoms in total. The maximum atomic E-state index is 8.68. The van der Waals surface area contributed by atoms with Crippen molar-refractivity contribution in [3.8, 4) is 0 Å². The summed E-state index contributed by atoms with van der Waals surface area (Å²) in [5, 5.41) is 0. The Hall–Kier alpha value is 0.976. The van der Waals surface area contributed by atoms with Gasteiger partial charge in [-0.15, -0.1) is 0 Å². The molecule has 0 aliphatic heterocycles. The molecule has 0 N–H and O–H groups in total. The molecule has 0 heterocycles. The molecule has 0 unspecified atom stereocenters. The van der Waals surface area contributed by atoms with Crippen molar-refractivity contribution < 1.29 is 61.0 Å². The Kier molecular flexibility index (Phi) is 126. The van der Waals surface area contributed by atoms with Gasteiger partial charge in [0.05, 0.1) is 0 Å². The van der Waals surface area contributed by atoms with Gasteiger partial charge in [-0.25, -0.2) is 0 Å². The van der Waals surface area contributed by atoms with Crippen LogP contribution >= 0.6 is 0 Å². The van der Waals surface area contributed by atoms with Crippen molar-refractivity contribution in [1.82, 2.24) is 0 Å². The maximum Gasteiger partial charge on any atom is 1.00 e. The van der Waals surface area contributed by atoms with Crippen molar-refractivity contribution in [3.63, 3.8) is 0 Å². The van der Waals surface area contributed by atoms with Crippen LogP contribution in [0.1, 0.15) is 13.8 Å². The van der Waals surface area contributed by atoms with Crippen molar-refractivity contribution >= 4 is 12.6 Å². The van der Waals surface area contributed by atoms with Gasteiger partial charge in [0.2, 0.25) is 0 Å². The van der Waals surface area contributed by atoms with Crippen LogP contribution in [0, 0.1) is 7.43 Å². The summed E-state index contributed by atoms with van der Waals surface area (Å²) in [5.74, 6) is 0. The third-order valence-electron chi connectivity index (χ3n) is 0. The third kappa shape index (κ3) is 261. The van der Waals surface area contributed by atoms with Gasteiger partial charge >= 0.3 is 51.4 Å². The fourth-order valence-corrected chi connectivity index (χ4v) is 0. The predicted octanol–water partition coefficient (Wildman–Crippen LogP) is -2.31. The smallest absolute Gasteiger partial charge is 0.542 e. The van der Waals surface area contributed by atoms with E-state index in [0.29, 0.717) is 0 Å². The largest absolute Gasteiger partial charge is 1.00 e. The van der Waals surface area contributed by atoms with E-state index >= 15 is 0 Å². The van der Waals surface area contributed by atoms with E-state index in [1.165, 1.54) is 26.4 Å². The first-order chi connectivity index (χ1) is 2.83. The predicted molar refractivity (Wildman–Crippen MR) is 29.1 cm³/mol. The van der Waals surface area contributed by atoms with Crippen LogP contribution in [0.5, 0.6) is 0 Å². The Morgan fingerprint density at radius 3 is 1.00 bits per heavy atom. The van der Waals surface area contributed by atoms with Crippen LogP contribution in [0.15, 0.2) is 0 Å². The number of rotatable bonds is 0. The molecule has 0 amide bonds. The monoisotopic (exact) mass is 140 g/mol. The van der Waals surface area contributed by atoms with E-state index in [1.807, 2.05) is 0 Å². The molecule has 0 aromatic rings. The molecule has 3 heteroatoms. The maximum absolute atomic E-state index is 8.68. The van der Waals surface area contributed by atoms with Crippen LogP contribution < -0.4 is 51.4 Å². The average Bonchev–Trinajstić information content (AvgIpc) is 1.39. The van der Waals surface area contributed by atoms with Crippen molar-refractivity contribution in [3.05, 3.63) is 7.43 Å². The minimum absolute atomic E-state index is 0.